The van der Waals surface area contributed by atoms with Gasteiger partial charge in [0.15, 0.2) is 5.78 Å². The van der Waals surface area contributed by atoms with E-state index in [4.69, 9.17) is 4.74 Å². The smallest absolute Gasteiger partial charge is 0.176 e. The second kappa shape index (κ2) is 8.02. The maximum Gasteiger partial charge on any atom is 0.176 e. The molecule has 1 saturated heterocycles. The summed E-state index contributed by atoms with van der Waals surface area (Å²) in [5.74, 6) is 1.02. The number of hydrogen-bond acceptors (Lipinski definition) is 4. The third kappa shape index (κ3) is 4.62. The summed E-state index contributed by atoms with van der Waals surface area (Å²) in [4.78, 5) is 14.5. The zero-order chi connectivity index (χ0) is 14.2. The molecule has 1 aliphatic heterocycles. The molecule has 0 unspecified atom stereocenters. The van der Waals surface area contributed by atoms with Crippen LogP contribution in [0.15, 0.2) is 24.3 Å². The molecule has 1 aliphatic rings. The average Bonchev–Trinajstić information content (AvgIpc) is 2.74. The third-order valence-corrected chi connectivity index (χ3v) is 3.45. The van der Waals surface area contributed by atoms with E-state index in [2.05, 4.69) is 17.1 Å². The Morgan fingerprint density at radius 2 is 2.05 bits per heavy atom. The van der Waals surface area contributed by atoms with E-state index in [-0.39, 0.29) is 5.78 Å². The van der Waals surface area contributed by atoms with E-state index in [1.54, 1.807) is 0 Å². The van der Waals surface area contributed by atoms with E-state index in [1.807, 2.05) is 24.3 Å². The lowest BCUT2D eigenvalue weighted by atomic mass is 10.1. The summed E-state index contributed by atoms with van der Waals surface area (Å²) in [5, 5.41) is 3.35. The molecule has 0 spiro atoms. The van der Waals surface area contributed by atoms with Gasteiger partial charge < -0.3 is 10.1 Å². The van der Waals surface area contributed by atoms with E-state index in [0.717, 1.165) is 50.3 Å². The molecule has 0 amide bonds. The Kier molecular flexibility index (Phi) is 6.02. The van der Waals surface area contributed by atoms with Crippen molar-refractivity contribution < 1.29 is 9.53 Å². The van der Waals surface area contributed by atoms with Crippen LogP contribution in [-0.4, -0.2) is 50.0 Å². The number of nitrogens with zero attached hydrogens (tertiary/aromatic N) is 1. The summed E-state index contributed by atoms with van der Waals surface area (Å²) in [7, 11) is 0. The van der Waals surface area contributed by atoms with Gasteiger partial charge in [0.05, 0.1) is 13.2 Å². The predicted octanol–water partition coefficient (Wildman–Crippen LogP) is 1.95. The number of benzene rings is 1. The Bertz CT molecular complexity index is 409. The van der Waals surface area contributed by atoms with E-state index in [0.29, 0.717) is 13.2 Å². The maximum atomic E-state index is 12.2. The molecule has 0 aliphatic carbocycles. The molecule has 0 saturated carbocycles. The monoisotopic (exact) mass is 276 g/mol. The minimum Gasteiger partial charge on any atom is -0.494 e. The fourth-order valence-corrected chi connectivity index (χ4v) is 2.31. The maximum absolute atomic E-state index is 12.2. The first-order valence-corrected chi connectivity index (χ1v) is 7.48. The molecule has 110 valence electrons. The van der Waals surface area contributed by atoms with Crippen LogP contribution in [0.4, 0.5) is 0 Å². The van der Waals surface area contributed by atoms with Crippen LogP contribution in [0, 0.1) is 0 Å². The van der Waals surface area contributed by atoms with E-state index in [9.17, 15) is 4.79 Å². The van der Waals surface area contributed by atoms with Crippen LogP contribution in [-0.2, 0) is 0 Å². The molecule has 0 bridgehead atoms. The SMILES string of the molecule is CCCOc1ccc(C(=O)CN2CCCNCC2)cc1. The topological polar surface area (TPSA) is 41.6 Å². The Morgan fingerprint density at radius 1 is 1.25 bits per heavy atom. The average molecular weight is 276 g/mol. The highest BCUT2D eigenvalue weighted by molar-refractivity contribution is 5.97. The molecular weight excluding hydrogens is 252 g/mol. The van der Waals surface area contributed by atoms with Gasteiger partial charge in [0.25, 0.3) is 0 Å². The number of ketones is 1. The van der Waals surface area contributed by atoms with E-state index in [1.165, 1.54) is 0 Å². The quantitative estimate of drug-likeness (QED) is 0.806. The first-order valence-electron chi connectivity index (χ1n) is 7.48. The molecule has 0 aromatic heterocycles. The molecule has 2 rings (SSSR count). The standard InChI is InChI=1S/C16H24N2O2/c1-2-12-20-15-6-4-14(5-7-15)16(19)13-18-10-3-8-17-9-11-18/h4-7,17H,2-3,8-13H2,1H3. The number of hydrogen-bond donors (Lipinski definition) is 1. The van der Waals surface area contributed by atoms with Crippen molar-refractivity contribution in [3.05, 3.63) is 29.8 Å². The van der Waals surface area contributed by atoms with Crippen LogP contribution in [0.5, 0.6) is 5.75 Å². The van der Waals surface area contributed by atoms with Crippen molar-refractivity contribution in [2.75, 3.05) is 39.3 Å². The Morgan fingerprint density at radius 3 is 2.80 bits per heavy atom. The number of rotatable bonds is 6. The Balaban J connectivity index is 1.88. The number of ether oxygens (including phenoxy) is 1. The van der Waals surface area contributed by atoms with Gasteiger partial charge in [-0.15, -0.1) is 0 Å². The van der Waals surface area contributed by atoms with E-state index < -0.39 is 0 Å². The lowest BCUT2D eigenvalue weighted by Crippen LogP contribution is -2.33. The molecule has 20 heavy (non-hydrogen) atoms. The highest BCUT2D eigenvalue weighted by atomic mass is 16.5. The van der Waals surface area contributed by atoms with Gasteiger partial charge in [-0.3, -0.25) is 9.69 Å². The molecule has 4 nitrogen and oxygen atoms in total. The van der Waals surface area contributed by atoms with Crippen LogP contribution in [0.2, 0.25) is 0 Å². The Hall–Kier alpha value is -1.39. The summed E-state index contributed by atoms with van der Waals surface area (Å²) in [5.41, 5.74) is 0.769. The van der Waals surface area contributed by atoms with Gasteiger partial charge >= 0.3 is 0 Å². The second-order valence-electron chi connectivity index (χ2n) is 5.18. The molecule has 0 radical (unpaired) electrons. The highest BCUT2D eigenvalue weighted by Gasteiger charge is 2.14. The number of carbonyl (C=O) groups is 1. The summed E-state index contributed by atoms with van der Waals surface area (Å²) >= 11 is 0. The van der Waals surface area contributed by atoms with Gasteiger partial charge in [0.1, 0.15) is 5.75 Å². The minimum atomic E-state index is 0.189. The lowest BCUT2D eigenvalue weighted by Gasteiger charge is -2.18. The van der Waals surface area contributed by atoms with Crippen molar-refractivity contribution in [1.29, 1.82) is 0 Å². The van der Waals surface area contributed by atoms with Gasteiger partial charge in [0, 0.05) is 18.7 Å². The minimum absolute atomic E-state index is 0.189. The Labute approximate surface area is 121 Å². The van der Waals surface area contributed by atoms with Gasteiger partial charge in [0.2, 0.25) is 0 Å². The van der Waals surface area contributed by atoms with Crippen LogP contribution < -0.4 is 10.1 Å². The zero-order valence-electron chi connectivity index (χ0n) is 12.2. The zero-order valence-corrected chi connectivity index (χ0v) is 12.2. The van der Waals surface area contributed by atoms with Crippen molar-refractivity contribution in [3.63, 3.8) is 0 Å². The number of nitrogens with one attached hydrogen (secondary N) is 1. The predicted molar refractivity (Wildman–Crippen MR) is 80.5 cm³/mol. The molecule has 1 N–H and O–H groups in total. The number of carbonyl (C=O) groups excluding carboxylic acids is 1. The summed E-state index contributed by atoms with van der Waals surface area (Å²) < 4.78 is 5.53. The van der Waals surface area contributed by atoms with Crippen molar-refractivity contribution >= 4 is 5.78 Å². The van der Waals surface area contributed by atoms with Crippen LogP contribution in [0.3, 0.4) is 0 Å². The largest absolute Gasteiger partial charge is 0.494 e. The second-order valence-corrected chi connectivity index (χ2v) is 5.18. The van der Waals surface area contributed by atoms with Crippen molar-refractivity contribution in [2.45, 2.75) is 19.8 Å². The molecule has 1 heterocycles. The molecule has 0 atom stereocenters. The van der Waals surface area contributed by atoms with Gasteiger partial charge in [-0.25, -0.2) is 0 Å². The van der Waals surface area contributed by atoms with Gasteiger partial charge in [-0.05, 0) is 50.2 Å². The van der Waals surface area contributed by atoms with Crippen molar-refractivity contribution in [1.82, 2.24) is 10.2 Å². The first-order chi connectivity index (χ1) is 9.79. The first kappa shape index (κ1) is 15.0. The number of Topliss-reactive ketones (excluding diaryl/α,β-unsaturated/α-hetero) is 1. The molecular formula is C16H24N2O2. The van der Waals surface area contributed by atoms with Crippen molar-refractivity contribution in [2.24, 2.45) is 0 Å². The van der Waals surface area contributed by atoms with Crippen LogP contribution in [0.1, 0.15) is 30.1 Å². The van der Waals surface area contributed by atoms with Gasteiger partial charge in [-0.1, -0.05) is 6.92 Å². The van der Waals surface area contributed by atoms with Crippen LogP contribution >= 0.6 is 0 Å². The third-order valence-electron chi connectivity index (χ3n) is 3.45. The van der Waals surface area contributed by atoms with Crippen molar-refractivity contribution in [3.8, 4) is 5.75 Å². The summed E-state index contributed by atoms with van der Waals surface area (Å²) in [6, 6.07) is 7.49. The van der Waals surface area contributed by atoms with Crippen LogP contribution in [0.25, 0.3) is 0 Å². The lowest BCUT2D eigenvalue weighted by molar-refractivity contribution is 0.0935. The van der Waals surface area contributed by atoms with Gasteiger partial charge in [-0.2, -0.15) is 0 Å². The summed E-state index contributed by atoms with van der Waals surface area (Å²) in [6.07, 6.45) is 2.10. The highest BCUT2D eigenvalue weighted by Crippen LogP contribution is 2.13. The fourth-order valence-electron chi connectivity index (χ4n) is 2.31. The molecule has 1 fully saturated rings. The molecule has 1 aromatic rings. The van der Waals surface area contributed by atoms with E-state index >= 15 is 0 Å². The normalized spacial score (nSPS) is 16.6. The molecule has 1 aromatic carbocycles. The summed E-state index contributed by atoms with van der Waals surface area (Å²) in [6.45, 7) is 7.27. The molecule has 4 heteroatoms. The fraction of sp³-hybridized carbons (Fsp3) is 0.562.